The van der Waals surface area contributed by atoms with Crippen molar-refractivity contribution in [2.24, 2.45) is 0 Å². The highest BCUT2D eigenvalue weighted by Gasteiger charge is 2.23. The molecule has 2 aromatic rings. The number of hydrogen-bond acceptors (Lipinski definition) is 3. The van der Waals surface area contributed by atoms with Crippen molar-refractivity contribution < 1.29 is 14.3 Å². The molecule has 1 aliphatic heterocycles. The van der Waals surface area contributed by atoms with E-state index in [0.29, 0.717) is 18.0 Å². The SMILES string of the molecule is Cc1cccc(CN(C(=O)CCl)C(C)c2ccc3c(c2)NC(=O)CO3)c1. The van der Waals surface area contributed by atoms with Crippen molar-refractivity contribution in [3.05, 3.63) is 59.2 Å². The van der Waals surface area contributed by atoms with Gasteiger partial charge >= 0.3 is 0 Å². The summed E-state index contributed by atoms with van der Waals surface area (Å²) in [5.74, 6) is 0.227. The van der Waals surface area contributed by atoms with E-state index in [0.717, 1.165) is 16.7 Å². The van der Waals surface area contributed by atoms with E-state index < -0.39 is 0 Å². The molecule has 2 amide bonds. The number of fused-ring (bicyclic) bond motifs is 1. The van der Waals surface area contributed by atoms with Gasteiger partial charge in [-0.1, -0.05) is 35.9 Å². The fourth-order valence-electron chi connectivity index (χ4n) is 3.07. The van der Waals surface area contributed by atoms with E-state index in [2.05, 4.69) is 11.4 Å². The van der Waals surface area contributed by atoms with Crippen LogP contribution in [0.3, 0.4) is 0 Å². The maximum atomic E-state index is 12.5. The summed E-state index contributed by atoms with van der Waals surface area (Å²) in [5, 5.41) is 2.80. The van der Waals surface area contributed by atoms with Crippen molar-refractivity contribution in [2.45, 2.75) is 26.4 Å². The molecule has 0 spiro atoms. The lowest BCUT2D eigenvalue weighted by Crippen LogP contribution is -2.34. The zero-order chi connectivity index (χ0) is 18.7. The minimum atomic E-state index is -0.203. The quantitative estimate of drug-likeness (QED) is 0.815. The molecular weight excluding hydrogens is 352 g/mol. The van der Waals surface area contributed by atoms with Crippen molar-refractivity contribution in [1.82, 2.24) is 4.90 Å². The molecule has 5 nitrogen and oxygen atoms in total. The number of halogens is 1. The summed E-state index contributed by atoms with van der Waals surface area (Å²) in [5.41, 5.74) is 3.71. The Balaban J connectivity index is 1.88. The fourth-order valence-corrected chi connectivity index (χ4v) is 3.22. The largest absolute Gasteiger partial charge is 0.482 e. The second kappa shape index (κ2) is 7.79. The molecule has 0 aliphatic carbocycles. The summed E-state index contributed by atoms with van der Waals surface area (Å²) in [7, 11) is 0. The van der Waals surface area contributed by atoms with Crippen LogP contribution in [-0.2, 0) is 16.1 Å². The van der Waals surface area contributed by atoms with Crippen LogP contribution >= 0.6 is 11.6 Å². The highest BCUT2D eigenvalue weighted by molar-refractivity contribution is 6.27. The molecule has 26 heavy (non-hydrogen) atoms. The van der Waals surface area contributed by atoms with Crippen LogP contribution < -0.4 is 10.1 Å². The monoisotopic (exact) mass is 372 g/mol. The zero-order valence-electron chi connectivity index (χ0n) is 14.8. The van der Waals surface area contributed by atoms with Gasteiger partial charge < -0.3 is 15.0 Å². The van der Waals surface area contributed by atoms with Gasteiger partial charge in [-0.2, -0.15) is 0 Å². The van der Waals surface area contributed by atoms with Gasteiger partial charge in [-0.3, -0.25) is 9.59 Å². The molecule has 0 aromatic heterocycles. The number of benzene rings is 2. The Bertz CT molecular complexity index is 838. The molecule has 0 bridgehead atoms. The van der Waals surface area contributed by atoms with E-state index in [4.69, 9.17) is 16.3 Å². The maximum absolute atomic E-state index is 12.5. The Hall–Kier alpha value is -2.53. The molecule has 0 radical (unpaired) electrons. The van der Waals surface area contributed by atoms with Crippen molar-refractivity contribution in [2.75, 3.05) is 17.8 Å². The number of nitrogens with zero attached hydrogens (tertiary/aromatic N) is 1. The van der Waals surface area contributed by atoms with Crippen LogP contribution in [0, 0.1) is 6.92 Å². The average Bonchev–Trinajstić information content (AvgIpc) is 2.64. The number of rotatable bonds is 5. The van der Waals surface area contributed by atoms with E-state index in [-0.39, 0.29) is 30.3 Å². The smallest absolute Gasteiger partial charge is 0.262 e. The lowest BCUT2D eigenvalue weighted by atomic mass is 10.0. The zero-order valence-corrected chi connectivity index (χ0v) is 15.5. The van der Waals surface area contributed by atoms with Crippen molar-refractivity contribution >= 4 is 29.1 Å². The number of aryl methyl sites for hydroxylation is 1. The number of nitrogens with one attached hydrogen (secondary N) is 1. The Morgan fingerprint density at radius 1 is 1.31 bits per heavy atom. The third kappa shape index (κ3) is 3.99. The molecule has 136 valence electrons. The van der Waals surface area contributed by atoms with Crippen LogP contribution in [0.15, 0.2) is 42.5 Å². The molecule has 1 heterocycles. The third-order valence-electron chi connectivity index (χ3n) is 4.46. The van der Waals surface area contributed by atoms with Crippen LogP contribution in [0.1, 0.15) is 29.7 Å². The van der Waals surface area contributed by atoms with Gasteiger partial charge in [-0.15, -0.1) is 11.6 Å². The van der Waals surface area contributed by atoms with E-state index in [1.807, 2.05) is 50.2 Å². The number of hydrogen-bond donors (Lipinski definition) is 1. The molecule has 0 saturated carbocycles. The normalized spacial score (nSPS) is 14.0. The first-order valence-corrected chi connectivity index (χ1v) is 8.99. The molecule has 1 aliphatic rings. The Morgan fingerprint density at radius 3 is 2.85 bits per heavy atom. The summed E-state index contributed by atoms with van der Waals surface area (Å²) in [4.78, 5) is 25.8. The standard InChI is InChI=1S/C20H21ClN2O3/c1-13-4-3-5-15(8-13)11-23(20(25)10-21)14(2)16-6-7-18-17(9-16)22-19(24)12-26-18/h3-9,14H,10-12H2,1-2H3,(H,22,24). The van der Waals surface area contributed by atoms with Crippen LogP contribution in [0.25, 0.3) is 0 Å². The summed E-state index contributed by atoms with van der Waals surface area (Å²) in [6.45, 7) is 4.46. The van der Waals surface area contributed by atoms with Gasteiger partial charge in [0.05, 0.1) is 11.7 Å². The summed E-state index contributed by atoms with van der Waals surface area (Å²) < 4.78 is 5.39. The van der Waals surface area contributed by atoms with Crippen molar-refractivity contribution in [3.63, 3.8) is 0 Å². The Labute approximate surface area is 157 Å². The summed E-state index contributed by atoms with van der Waals surface area (Å²) >= 11 is 5.84. The van der Waals surface area contributed by atoms with E-state index in [1.54, 1.807) is 4.90 Å². The molecule has 2 aromatic carbocycles. The van der Waals surface area contributed by atoms with Gasteiger partial charge in [0.15, 0.2) is 6.61 Å². The fraction of sp³-hybridized carbons (Fsp3) is 0.300. The molecule has 1 atom stereocenters. The molecule has 0 fully saturated rings. The lowest BCUT2D eigenvalue weighted by Gasteiger charge is -2.30. The highest BCUT2D eigenvalue weighted by atomic mass is 35.5. The number of carbonyl (C=O) groups is 2. The first-order chi connectivity index (χ1) is 12.5. The molecule has 0 saturated heterocycles. The molecule has 6 heteroatoms. The van der Waals surface area contributed by atoms with Gasteiger partial charge in [-0.25, -0.2) is 0 Å². The summed E-state index contributed by atoms with van der Waals surface area (Å²) in [6, 6.07) is 13.4. The average molecular weight is 373 g/mol. The number of alkyl halides is 1. The van der Waals surface area contributed by atoms with Crippen LogP contribution in [-0.4, -0.2) is 29.2 Å². The number of amides is 2. The first kappa shape index (κ1) is 18.3. The van der Waals surface area contributed by atoms with Crippen LogP contribution in [0.2, 0.25) is 0 Å². The minimum absolute atomic E-state index is 0.0200. The number of anilines is 1. The first-order valence-electron chi connectivity index (χ1n) is 8.45. The Morgan fingerprint density at radius 2 is 2.12 bits per heavy atom. The van der Waals surface area contributed by atoms with Crippen molar-refractivity contribution in [3.8, 4) is 5.75 Å². The molecule has 3 rings (SSSR count). The van der Waals surface area contributed by atoms with Gasteiger partial charge in [0.25, 0.3) is 5.91 Å². The third-order valence-corrected chi connectivity index (χ3v) is 4.69. The number of ether oxygens (including phenoxy) is 1. The minimum Gasteiger partial charge on any atom is -0.482 e. The lowest BCUT2D eigenvalue weighted by molar-refractivity contribution is -0.131. The van der Waals surface area contributed by atoms with Gasteiger partial charge in [0, 0.05) is 6.54 Å². The van der Waals surface area contributed by atoms with Gasteiger partial charge in [0.2, 0.25) is 5.91 Å². The van der Waals surface area contributed by atoms with E-state index >= 15 is 0 Å². The van der Waals surface area contributed by atoms with Crippen LogP contribution in [0.4, 0.5) is 5.69 Å². The molecule has 1 unspecified atom stereocenters. The molecular formula is C20H21ClN2O3. The van der Waals surface area contributed by atoms with Crippen LogP contribution in [0.5, 0.6) is 5.75 Å². The summed E-state index contributed by atoms with van der Waals surface area (Å²) in [6.07, 6.45) is 0. The van der Waals surface area contributed by atoms with Gasteiger partial charge in [-0.05, 0) is 37.1 Å². The van der Waals surface area contributed by atoms with Gasteiger partial charge in [0.1, 0.15) is 11.6 Å². The Kier molecular flexibility index (Phi) is 5.47. The molecule has 1 N–H and O–H groups in total. The predicted molar refractivity (Wildman–Crippen MR) is 101 cm³/mol. The second-order valence-electron chi connectivity index (χ2n) is 6.41. The van der Waals surface area contributed by atoms with E-state index in [9.17, 15) is 9.59 Å². The van der Waals surface area contributed by atoms with Crippen molar-refractivity contribution in [1.29, 1.82) is 0 Å². The van der Waals surface area contributed by atoms with E-state index in [1.165, 1.54) is 0 Å². The predicted octanol–water partition coefficient (Wildman–Crippen LogP) is 3.65. The second-order valence-corrected chi connectivity index (χ2v) is 6.68. The highest BCUT2D eigenvalue weighted by Crippen LogP contribution is 2.32. The topological polar surface area (TPSA) is 58.6 Å². The number of carbonyl (C=O) groups excluding carboxylic acids is 2. The maximum Gasteiger partial charge on any atom is 0.262 e.